The van der Waals surface area contributed by atoms with Crippen molar-refractivity contribution in [3.05, 3.63) is 66.0 Å². The third kappa shape index (κ3) is 3.10. The van der Waals surface area contributed by atoms with Crippen LogP contribution in [0.15, 0.2) is 59.5 Å². The van der Waals surface area contributed by atoms with Crippen LogP contribution in [0.1, 0.15) is 18.4 Å². The smallest absolute Gasteiger partial charge is 0.182 e. The lowest BCUT2D eigenvalue weighted by atomic mass is 10.00. The Kier molecular flexibility index (Phi) is 4.95. The monoisotopic (exact) mass is 363 g/mol. The first-order chi connectivity index (χ1) is 12.0. The summed E-state index contributed by atoms with van der Waals surface area (Å²) < 4.78 is 45.6. The molecule has 1 saturated carbocycles. The van der Waals surface area contributed by atoms with E-state index in [4.69, 9.17) is 10.5 Å². The van der Waals surface area contributed by atoms with E-state index in [1.165, 1.54) is 12.1 Å². The molecule has 3 atom stereocenters. The summed E-state index contributed by atoms with van der Waals surface area (Å²) in [4.78, 5) is 0.258. The molecule has 0 unspecified atom stereocenters. The van der Waals surface area contributed by atoms with Gasteiger partial charge in [-0.3, -0.25) is 0 Å². The summed E-state index contributed by atoms with van der Waals surface area (Å²) in [6.45, 7) is 2.71. The Labute approximate surface area is 147 Å². The first-order valence-corrected chi connectivity index (χ1v) is 9.84. The van der Waals surface area contributed by atoms with E-state index in [-0.39, 0.29) is 29.8 Å². The lowest BCUT2D eigenvalue weighted by Crippen LogP contribution is -2.29. The molecule has 1 aliphatic rings. The number of rotatable bonds is 7. The van der Waals surface area contributed by atoms with Gasteiger partial charge >= 0.3 is 0 Å². The summed E-state index contributed by atoms with van der Waals surface area (Å²) in [5, 5.41) is -0.722. The normalized spacial score (nSPS) is 25.7. The van der Waals surface area contributed by atoms with E-state index >= 15 is 0 Å². The predicted molar refractivity (Wildman–Crippen MR) is 94.5 cm³/mol. The summed E-state index contributed by atoms with van der Waals surface area (Å²) in [6, 6.07) is 14.4. The molecule has 0 heterocycles. The molecule has 1 aliphatic carbocycles. The largest absolute Gasteiger partial charge is 0.381 e. The Morgan fingerprint density at radius 1 is 1.16 bits per heavy atom. The standard InChI is InChI=1S/C19H22FNO3S/c1-2-24-13-19(12-21)17(14-7-6-8-15(20)11-14)18(19)25(22,23)16-9-4-3-5-10-16/h3-11,17-18H,2,12-13,21H2,1H3/t17-,18+,19-/m1/s1. The summed E-state index contributed by atoms with van der Waals surface area (Å²) in [5.74, 6) is -0.771. The van der Waals surface area contributed by atoms with Crippen molar-refractivity contribution in [1.29, 1.82) is 0 Å². The molecule has 6 heteroatoms. The zero-order valence-electron chi connectivity index (χ0n) is 14.1. The second-order valence-electron chi connectivity index (χ2n) is 6.39. The van der Waals surface area contributed by atoms with Gasteiger partial charge in [-0.25, -0.2) is 12.8 Å². The molecule has 2 N–H and O–H groups in total. The predicted octanol–water partition coefficient (Wildman–Crippen LogP) is 2.75. The lowest BCUT2D eigenvalue weighted by Gasteiger charge is -2.16. The summed E-state index contributed by atoms with van der Waals surface area (Å²) in [6.07, 6.45) is 0. The summed E-state index contributed by atoms with van der Waals surface area (Å²) in [5.41, 5.74) is 5.91. The average molecular weight is 363 g/mol. The van der Waals surface area contributed by atoms with Gasteiger partial charge in [-0.1, -0.05) is 30.3 Å². The highest BCUT2D eigenvalue weighted by Gasteiger charge is 2.70. The molecule has 4 nitrogen and oxygen atoms in total. The van der Waals surface area contributed by atoms with E-state index in [0.717, 1.165) is 0 Å². The second-order valence-corrected chi connectivity index (χ2v) is 8.46. The molecule has 0 spiro atoms. The van der Waals surface area contributed by atoms with Gasteiger partial charge in [0.15, 0.2) is 9.84 Å². The Balaban J connectivity index is 2.06. The number of sulfone groups is 1. The maximum absolute atomic E-state index is 13.7. The van der Waals surface area contributed by atoms with Gasteiger partial charge in [0.1, 0.15) is 5.82 Å². The summed E-state index contributed by atoms with van der Waals surface area (Å²) in [7, 11) is -3.61. The topological polar surface area (TPSA) is 69.4 Å². The van der Waals surface area contributed by atoms with Crippen LogP contribution in [-0.4, -0.2) is 33.4 Å². The molecule has 134 valence electrons. The van der Waals surface area contributed by atoms with Gasteiger partial charge < -0.3 is 10.5 Å². The molecular formula is C19H22FNO3S. The van der Waals surface area contributed by atoms with E-state index in [0.29, 0.717) is 12.2 Å². The maximum Gasteiger partial charge on any atom is 0.182 e. The molecule has 0 saturated heterocycles. The van der Waals surface area contributed by atoms with Crippen LogP contribution >= 0.6 is 0 Å². The lowest BCUT2D eigenvalue weighted by molar-refractivity contribution is 0.101. The van der Waals surface area contributed by atoms with Gasteiger partial charge in [0.2, 0.25) is 0 Å². The number of hydrogen-bond acceptors (Lipinski definition) is 4. The first kappa shape index (κ1) is 18.0. The van der Waals surface area contributed by atoms with Crippen LogP contribution in [-0.2, 0) is 14.6 Å². The van der Waals surface area contributed by atoms with Crippen LogP contribution in [0, 0.1) is 11.2 Å². The van der Waals surface area contributed by atoms with E-state index in [1.54, 1.807) is 42.5 Å². The molecule has 0 radical (unpaired) electrons. The van der Waals surface area contributed by atoms with E-state index in [9.17, 15) is 12.8 Å². The molecule has 0 bridgehead atoms. The molecule has 0 aliphatic heterocycles. The molecule has 2 aromatic rings. The van der Waals surface area contributed by atoms with Crippen molar-refractivity contribution >= 4 is 9.84 Å². The highest BCUT2D eigenvalue weighted by atomic mass is 32.2. The average Bonchev–Trinajstić information content (AvgIpc) is 3.31. The minimum atomic E-state index is -3.61. The SMILES string of the molecule is CCOC[C@]1(CN)[C@H](c2cccc(F)c2)[C@@H]1S(=O)(=O)c1ccccc1. The quantitative estimate of drug-likeness (QED) is 0.821. The highest BCUT2D eigenvalue weighted by molar-refractivity contribution is 7.92. The van der Waals surface area contributed by atoms with Gasteiger partial charge in [0.25, 0.3) is 0 Å². The van der Waals surface area contributed by atoms with E-state index in [2.05, 4.69) is 0 Å². The molecule has 0 amide bonds. The van der Waals surface area contributed by atoms with Gasteiger partial charge in [-0.05, 0) is 36.8 Å². The molecule has 2 aromatic carbocycles. The number of ether oxygens (including phenoxy) is 1. The van der Waals surface area contributed by atoms with Crippen LogP contribution < -0.4 is 5.73 Å². The Morgan fingerprint density at radius 2 is 1.88 bits per heavy atom. The van der Waals surface area contributed by atoms with Crippen molar-refractivity contribution < 1.29 is 17.5 Å². The van der Waals surface area contributed by atoms with Crippen LogP contribution in [0.4, 0.5) is 4.39 Å². The third-order valence-electron chi connectivity index (χ3n) is 4.95. The van der Waals surface area contributed by atoms with E-state index in [1.807, 2.05) is 6.92 Å². The van der Waals surface area contributed by atoms with Gasteiger partial charge in [-0.2, -0.15) is 0 Å². The van der Waals surface area contributed by atoms with Crippen molar-refractivity contribution in [2.45, 2.75) is 23.0 Å². The minimum absolute atomic E-state index is 0.158. The Bertz CT molecular complexity index is 841. The molecule has 25 heavy (non-hydrogen) atoms. The fraction of sp³-hybridized carbons (Fsp3) is 0.368. The second kappa shape index (κ2) is 6.86. The molecule has 3 rings (SSSR count). The Morgan fingerprint density at radius 3 is 2.48 bits per heavy atom. The Hall–Kier alpha value is -1.76. The number of benzene rings is 2. The molecule has 0 aromatic heterocycles. The van der Waals surface area contributed by atoms with Crippen molar-refractivity contribution in [2.24, 2.45) is 11.1 Å². The van der Waals surface area contributed by atoms with Crippen molar-refractivity contribution in [3.63, 3.8) is 0 Å². The van der Waals surface area contributed by atoms with Crippen molar-refractivity contribution in [3.8, 4) is 0 Å². The maximum atomic E-state index is 13.7. The zero-order valence-corrected chi connectivity index (χ0v) is 14.9. The third-order valence-corrected chi connectivity index (χ3v) is 7.29. The van der Waals surface area contributed by atoms with Crippen LogP contribution in [0.5, 0.6) is 0 Å². The van der Waals surface area contributed by atoms with Crippen LogP contribution in [0.25, 0.3) is 0 Å². The number of halogens is 1. The van der Waals surface area contributed by atoms with E-state index < -0.39 is 20.5 Å². The highest BCUT2D eigenvalue weighted by Crippen LogP contribution is 2.63. The van der Waals surface area contributed by atoms with Gasteiger partial charge in [0, 0.05) is 24.5 Å². The number of nitrogens with two attached hydrogens (primary N) is 1. The number of hydrogen-bond donors (Lipinski definition) is 1. The van der Waals surface area contributed by atoms with Crippen molar-refractivity contribution in [2.75, 3.05) is 19.8 Å². The zero-order chi connectivity index (χ0) is 18.1. The fourth-order valence-corrected chi connectivity index (χ4v) is 6.14. The molecular weight excluding hydrogens is 341 g/mol. The minimum Gasteiger partial charge on any atom is -0.381 e. The van der Waals surface area contributed by atoms with Crippen LogP contribution in [0.2, 0.25) is 0 Å². The molecule has 1 fully saturated rings. The van der Waals surface area contributed by atoms with Crippen LogP contribution in [0.3, 0.4) is 0 Å². The van der Waals surface area contributed by atoms with Gasteiger partial charge in [-0.15, -0.1) is 0 Å². The van der Waals surface area contributed by atoms with Gasteiger partial charge in [0.05, 0.1) is 16.8 Å². The summed E-state index contributed by atoms with van der Waals surface area (Å²) >= 11 is 0. The first-order valence-electron chi connectivity index (χ1n) is 8.29. The van der Waals surface area contributed by atoms with Crippen molar-refractivity contribution in [1.82, 2.24) is 0 Å². The fourth-order valence-electron chi connectivity index (χ4n) is 3.67.